The van der Waals surface area contributed by atoms with Gasteiger partial charge in [-0.3, -0.25) is 0 Å². The highest BCUT2D eigenvalue weighted by Crippen LogP contribution is 2.37. The minimum atomic E-state index is -0.796. The summed E-state index contributed by atoms with van der Waals surface area (Å²) in [6.45, 7) is 1.60. The van der Waals surface area contributed by atoms with E-state index in [1.807, 2.05) is 0 Å². The maximum Gasteiger partial charge on any atom is 0.337 e. The van der Waals surface area contributed by atoms with Crippen molar-refractivity contribution < 1.29 is 14.3 Å². The second kappa shape index (κ2) is 6.13. The van der Waals surface area contributed by atoms with Gasteiger partial charge >= 0.3 is 12.0 Å². The van der Waals surface area contributed by atoms with E-state index in [1.165, 1.54) is 13.2 Å². The SMILES string of the molecule is COC(=O)C1=C(C)NC(=O)NC1c1cc(Cl)cc(Cl)c1Cl. The number of carbonyl (C=O) groups excluding carboxylic acids is 2. The van der Waals surface area contributed by atoms with Gasteiger partial charge in [-0.2, -0.15) is 0 Å². The molecule has 1 atom stereocenters. The third kappa shape index (κ3) is 3.10. The predicted molar refractivity (Wildman–Crippen MR) is 80.6 cm³/mol. The second-order valence-electron chi connectivity index (χ2n) is 4.35. The first-order chi connectivity index (χ1) is 9.85. The van der Waals surface area contributed by atoms with E-state index in [4.69, 9.17) is 39.5 Å². The monoisotopic (exact) mass is 348 g/mol. The van der Waals surface area contributed by atoms with Crippen LogP contribution in [-0.4, -0.2) is 19.1 Å². The summed E-state index contributed by atoms with van der Waals surface area (Å²) < 4.78 is 4.75. The fourth-order valence-electron chi connectivity index (χ4n) is 2.09. The van der Waals surface area contributed by atoms with Crippen LogP contribution in [0.15, 0.2) is 23.4 Å². The van der Waals surface area contributed by atoms with Crippen molar-refractivity contribution >= 4 is 46.8 Å². The number of allylic oxidation sites excluding steroid dienone is 1. The van der Waals surface area contributed by atoms with E-state index in [0.29, 0.717) is 16.3 Å². The van der Waals surface area contributed by atoms with Crippen LogP contribution in [0, 0.1) is 0 Å². The zero-order valence-corrected chi connectivity index (χ0v) is 13.4. The van der Waals surface area contributed by atoms with E-state index in [2.05, 4.69) is 10.6 Å². The number of amides is 2. The van der Waals surface area contributed by atoms with Crippen LogP contribution in [0.4, 0.5) is 4.79 Å². The number of carbonyl (C=O) groups is 2. The molecule has 5 nitrogen and oxygen atoms in total. The molecule has 0 radical (unpaired) electrons. The van der Waals surface area contributed by atoms with Gasteiger partial charge in [-0.25, -0.2) is 9.59 Å². The van der Waals surface area contributed by atoms with Gasteiger partial charge in [0.05, 0.1) is 28.8 Å². The summed E-state index contributed by atoms with van der Waals surface area (Å²) >= 11 is 18.1. The molecule has 1 aliphatic heterocycles. The summed E-state index contributed by atoms with van der Waals surface area (Å²) in [7, 11) is 1.25. The summed E-state index contributed by atoms with van der Waals surface area (Å²) in [5, 5.41) is 5.91. The number of hydrogen-bond acceptors (Lipinski definition) is 3. The molecular formula is C13H11Cl3N2O3. The Morgan fingerprint density at radius 3 is 2.57 bits per heavy atom. The summed E-state index contributed by atoms with van der Waals surface area (Å²) in [5.74, 6) is -0.586. The molecule has 0 fully saturated rings. The third-order valence-corrected chi connectivity index (χ3v) is 4.04. The van der Waals surface area contributed by atoms with E-state index in [-0.39, 0.29) is 15.6 Å². The zero-order valence-electron chi connectivity index (χ0n) is 11.1. The normalized spacial score (nSPS) is 18.1. The molecule has 1 aromatic rings. The van der Waals surface area contributed by atoms with Crippen LogP contribution in [-0.2, 0) is 9.53 Å². The van der Waals surface area contributed by atoms with Gasteiger partial charge in [-0.15, -0.1) is 0 Å². The Morgan fingerprint density at radius 1 is 1.29 bits per heavy atom. The Kier molecular flexibility index (Phi) is 4.66. The van der Waals surface area contributed by atoms with Gasteiger partial charge in [0.2, 0.25) is 0 Å². The number of rotatable bonds is 2. The number of ether oxygens (including phenoxy) is 1. The van der Waals surface area contributed by atoms with Crippen molar-refractivity contribution in [2.24, 2.45) is 0 Å². The average molecular weight is 350 g/mol. The molecule has 0 bridgehead atoms. The van der Waals surface area contributed by atoms with Gasteiger partial charge in [-0.05, 0) is 19.1 Å². The zero-order chi connectivity index (χ0) is 15.7. The maximum absolute atomic E-state index is 12.0. The molecule has 8 heteroatoms. The molecule has 0 saturated carbocycles. The van der Waals surface area contributed by atoms with E-state index in [1.54, 1.807) is 13.0 Å². The van der Waals surface area contributed by atoms with Crippen molar-refractivity contribution in [2.75, 3.05) is 7.11 Å². The second-order valence-corrected chi connectivity index (χ2v) is 5.57. The van der Waals surface area contributed by atoms with Crippen LogP contribution < -0.4 is 10.6 Å². The van der Waals surface area contributed by atoms with Crippen molar-refractivity contribution in [1.82, 2.24) is 10.6 Å². The standard InChI is InChI=1S/C13H11Cl3N2O3/c1-5-9(12(19)21-2)11(18-13(20)17-5)7-3-6(14)4-8(15)10(7)16/h3-4,11H,1-2H3,(H2,17,18,20). The minimum Gasteiger partial charge on any atom is -0.466 e. The van der Waals surface area contributed by atoms with Crippen LogP contribution in [0.5, 0.6) is 0 Å². The largest absolute Gasteiger partial charge is 0.466 e. The average Bonchev–Trinajstić information content (AvgIpc) is 2.41. The topological polar surface area (TPSA) is 67.4 Å². The Bertz CT molecular complexity index is 658. The lowest BCUT2D eigenvalue weighted by Crippen LogP contribution is -2.45. The fourth-order valence-corrected chi connectivity index (χ4v) is 2.82. The first-order valence-corrected chi connectivity index (χ1v) is 6.99. The molecule has 2 rings (SSSR count). The van der Waals surface area contributed by atoms with Gasteiger partial charge in [0, 0.05) is 16.3 Å². The number of halogens is 3. The molecule has 21 heavy (non-hydrogen) atoms. The van der Waals surface area contributed by atoms with Crippen molar-refractivity contribution in [1.29, 1.82) is 0 Å². The Morgan fingerprint density at radius 2 is 1.95 bits per heavy atom. The quantitative estimate of drug-likeness (QED) is 0.635. The Balaban J connectivity index is 2.62. The summed E-state index contributed by atoms with van der Waals surface area (Å²) in [4.78, 5) is 23.6. The van der Waals surface area contributed by atoms with Crippen LogP contribution in [0.3, 0.4) is 0 Å². The first kappa shape index (κ1) is 15.9. The molecule has 2 amide bonds. The van der Waals surface area contributed by atoms with Crippen LogP contribution in [0.1, 0.15) is 18.5 Å². The third-order valence-electron chi connectivity index (χ3n) is 3.01. The van der Waals surface area contributed by atoms with E-state index in [9.17, 15) is 9.59 Å². The van der Waals surface area contributed by atoms with Crippen LogP contribution in [0.2, 0.25) is 15.1 Å². The molecule has 112 valence electrons. The van der Waals surface area contributed by atoms with Crippen LogP contribution in [0.25, 0.3) is 0 Å². The van der Waals surface area contributed by atoms with Crippen molar-refractivity contribution in [3.05, 3.63) is 44.0 Å². The van der Waals surface area contributed by atoms with E-state index >= 15 is 0 Å². The molecule has 1 unspecified atom stereocenters. The van der Waals surface area contributed by atoms with Crippen molar-refractivity contribution in [3.8, 4) is 0 Å². The smallest absolute Gasteiger partial charge is 0.337 e. The number of methoxy groups -OCH3 is 1. The summed E-state index contributed by atoms with van der Waals surface area (Å²) in [5.41, 5.74) is 1.03. The lowest BCUT2D eigenvalue weighted by Gasteiger charge is -2.28. The number of esters is 1. The van der Waals surface area contributed by atoms with Crippen molar-refractivity contribution in [3.63, 3.8) is 0 Å². The number of urea groups is 1. The lowest BCUT2D eigenvalue weighted by atomic mass is 9.95. The maximum atomic E-state index is 12.0. The number of hydrogen-bond donors (Lipinski definition) is 2. The van der Waals surface area contributed by atoms with E-state index < -0.39 is 18.0 Å². The number of nitrogens with one attached hydrogen (secondary N) is 2. The molecule has 2 N–H and O–H groups in total. The van der Waals surface area contributed by atoms with Gasteiger partial charge in [0.1, 0.15) is 0 Å². The first-order valence-electron chi connectivity index (χ1n) is 5.86. The highest BCUT2D eigenvalue weighted by Gasteiger charge is 2.33. The molecule has 0 spiro atoms. The van der Waals surface area contributed by atoms with Gasteiger partial charge < -0.3 is 15.4 Å². The highest BCUT2D eigenvalue weighted by atomic mass is 35.5. The summed E-state index contributed by atoms with van der Waals surface area (Å²) in [6.07, 6.45) is 0. The Hall–Kier alpha value is -1.43. The van der Waals surface area contributed by atoms with Gasteiger partial charge in [0.15, 0.2) is 0 Å². The van der Waals surface area contributed by atoms with Gasteiger partial charge in [0.25, 0.3) is 0 Å². The number of benzene rings is 1. The molecule has 1 aliphatic rings. The van der Waals surface area contributed by atoms with Gasteiger partial charge in [-0.1, -0.05) is 34.8 Å². The molecule has 1 heterocycles. The van der Waals surface area contributed by atoms with Crippen LogP contribution >= 0.6 is 34.8 Å². The van der Waals surface area contributed by atoms with Crippen molar-refractivity contribution in [2.45, 2.75) is 13.0 Å². The predicted octanol–water partition coefficient (Wildman–Crippen LogP) is 3.45. The lowest BCUT2D eigenvalue weighted by molar-refractivity contribution is -0.136. The van der Waals surface area contributed by atoms with E-state index in [0.717, 1.165) is 0 Å². The molecule has 0 aromatic heterocycles. The Labute approximate surface area is 136 Å². The summed E-state index contributed by atoms with van der Waals surface area (Å²) in [6, 6.07) is 1.77. The minimum absolute atomic E-state index is 0.211. The molecular weight excluding hydrogens is 339 g/mol. The molecule has 0 saturated heterocycles. The fraction of sp³-hybridized carbons (Fsp3) is 0.231. The molecule has 1 aromatic carbocycles. The highest BCUT2D eigenvalue weighted by molar-refractivity contribution is 6.43. The molecule has 0 aliphatic carbocycles.